The third kappa shape index (κ3) is 4.27. The zero-order valence-corrected chi connectivity index (χ0v) is 14.7. The fourth-order valence-electron chi connectivity index (χ4n) is 3.37. The molecule has 0 saturated carbocycles. The first kappa shape index (κ1) is 17.6. The summed E-state index contributed by atoms with van der Waals surface area (Å²) in [6.45, 7) is 2.71. The first-order valence-electron chi connectivity index (χ1n) is 8.89. The standard InChI is InChI=1S/C19H26N4O2/c1-21(11-3-15-24)17-8-13-22(14-9-17)19(25)16-4-6-18(7-5-16)23-12-2-10-20-23/h2,4-7,10,12,17,24H,3,8-9,11,13-15H2,1H3. The SMILES string of the molecule is CN(CCCO)C1CCN(C(=O)c2ccc(-n3cccn3)cc2)CC1. The molecule has 6 nitrogen and oxygen atoms in total. The van der Waals surface area contributed by atoms with E-state index in [0.717, 1.165) is 50.1 Å². The number of likely N-dealkylation sites (tertiary alicyclic amines) is 1. The van der Waals surface area contributed by atoms with Crippen LogP contribution in [0.3, 0.4) is 0 Å². The largest absolute Gasteiger partial charge is 0.396 e. The van der Waals surface area contributed by atoms with Crippen molar-refractivity contribution in [2.75, 3.05) is 33.3 Å². The predicted molar refractivity (Wildman–Crippen MR) is 96.8 cm³/mol. The number of carbonyl (C=O) groups is 1. The van der Waals surface area contributed by atoms with Crippen molar-refractivity contribution in [2.45, 2.75) is 25.3 Å². The number of rotatable bonds is 6. The van der Waals surface area contributed by atoms with Gasteiger partial charge in [0.1, 0.15) is 0 Å². The van der Waals surface area contributed by atoms with Gasteiger partial charge in [-0.05, 0) is 56.6 Å². The molecule has 0 unspecified atom stereocenters. The molecule has 0 atom stereocenters. The van der Waals surface area contributed by atoms with E-state index in [-0.39, 0.29) is 12.5 Å². The summed E-state index contributed by atoms with van der Waals surface area (Å²) < 4.78 is 1.78. The van der Waals surface area contributed by atoms with Crippen LogP contribution in [0.15, 0.2) is 42.7 Å². The number of hydrogen-bond acceptors (Lipinski definition) is 4. The molecule has 1 aromatic carbocycles. The van der Waals surface area contributed by atoms with Crippen molar-refractivity contribution in [3.8, 4) is 5.69 Å². The van der Waals surface area contributed by atoms with Crippen molar-refractivity contribution in [1.29, 1.82) is 0 Å². The molecule has 1 N–H and O–H groups in total. The molecular formula is C19H26N4O2. The molecule has 3 rings (SSSR count). The Balaban J connectivity index is 1.55. The van der Waals surface area contributed by atoms with Crippen LogP contribution in [-0.4, -0.2) is 69.9 Å². The van der Waals surface area contributed by atoms with Crippen molar-refractivity contribution in [2.24, 2.45) is 0 Å². The van der Waals surface area contributed by atoms with Gasteiger partial charge in [-0.15, -0.1) is 0 Å². The van der Waals surface area contributed by atoms with E-state index >= 15 is 0 Å². The maximum Gasteiger partial charge on any atom is 0.253 e. The minimum absolute atomic E-state index is 0.100. The quantitative estimate of drug-likeness (QED) is 0.869. The van der Waals surface area contributed by atoms with Gasteiger partial charge in [-0.3, -0.25) is 4.79 Å². The number of aliphatic hydroxyl groups is 1. The van der Waals surface area contributed by atoms with Gasteiger partial charge < -0.3 is 14.9 Å². The molecule has 1 aromatic heterocycles. The van der Waals surface area contributed by atoms with E-state index < -0.39 is 0 Å². The van der Waals surface area contributed by atoms with Gasteiger partial charge in [0.25, 0.3) is 5.91 Å². The summed E-state index contributed by atoms with van der Waals surface area (Å²) in [6.07, 6.45) is 6.39. The second kappa shape index (κ2) is 8.27. The van der Waals surface area contributed by atoms with Crippen LogP contribution in [0.4, 0.5) is 0 Å². The number of aromatic nitrogens is 2. The van der Waals surface area contributed by atoms with E-state index in [9.17, 15) is 4.79 Å². The number of nitrogens with zero attached hydrogens (tertiary/aromatic N) is 4. The van der Waals surface area contributed by atoms with Gasteiger partial charge in [0, 0.05) is 50.2 Å². The highest BCUT2D eigenvalue weighted by molar-refractivity contribution is 5.94. The zero-order valence-electron chi connectivity index (χ0n) is 14.7. The summed E-state index contributed by atoms with van der Waals surface area (Å²) in [6, 6.07) is 9.97. The molecule has 134 valence electrons. The van der Waals surface area contributed by atoms with Crippen LogP contribution in [0.2, 0.25) is 0 Å². The number of aliphatic hydroxyl groups excluding tert-OH is 1. The van der Waals surface area contributed by atoms with Crippen LogP contribution in [0.5, 0.6) is 0 Å². The minimum atomic E-state index is 0.100. The van der Waals surface area contributed by atoms with E-state index in [2.05, 4.69) is 17.0 Å². The first-order valence-corrected chi connectivity index (χ1v) is 8.89. The van der Waals surface area contributed by atoms with Gasteiger partial charge in [0.2, 0.25) is 0 Å². The number of piperidine rings is 1. The lowest BCUT2D eigenvalue weighted by Crippen LogP contribution is -2.45. The normalized spacial score (nSPS) is 15.7. The van der Waals surface area contributed by atoms with E-state index in [1.165, 1.54) is 0 Å². The van der Waals surface area contributed by atoms with E-state index in [0.29, 0.717) is 6.04 Å². The van der Waals surface area contributed by atoms with Gasteiger partial charge >= 0.3 is 0 Å². The molecule has 1 saturated heterocycles. The lowest BCUT2D eigenvalue weighted by molar-refractivity contribution is 0.0641. The van der Waals surface area contributed by atoms with Crippen LogP contribution in [0.25, 0.3) is 5.69 Å². The number of hydrogen-bond donors (Lipinski definition) is 1. The lowest BCUT2D eigenvalue weighted by Gasteiger charge is -2.36. The maximum atomic E-state index is 12.7. The van der Waals surface area contributed by atoms with Gasteiger partial charge in [-0.2, -0.15) is 5.10 Å². The van der Waals surface area contributed by atoms with Gasteiger partial charge in [-0.1, -0.05) is 0 Å². The third-order valence-electron chi connectivity index (χ3n) is 4.93. The maximum absolute atomic E-state index is 12.7. The fourth-order valence-corrected chi connectivity index (χ4v) is 3.37. The van der Waals surface area contributed by atoms with Gasteiger partial charge in [0.05, 0.1) is 5.69 Å². The summed E-state index contributed by atoms with van der Waals surface area (Å²) in [4.78, 5) is 16.9. The number of amides is 1. The monoisotopic (exact) mass is 342 g/mol. The van der Waals surface area contributed by atoms with Crippen LogP contribution in [-0.2, 0) is 0 Å². The van der Waals surface area contributed by atoms with Crippen LogP contribution in [0, 0.1) is 0 Å². The summed E-state index contributed by atoms with van der Waals surface area (Å²) in [5.74, 6) is 0.100. The summed E-state index contributed by atoms with van der Waals surface area (Å²) in [7, 11) is 2.10. The molecule has 2 aromatic rings. The molecule has 2 heterocycles. The summed E-state index contributed by atoms with van der Waals surface area (Å²) in [5, 5.41) is 13.1. The molecule has 6 heteroatoms. The molecule has 0 aliphatic carbocycles. The molecule has 0 spiro atoms. The topological polar surface area (TPSA) is 61.6 Å². The number of benzene rings is 1. The predicted octanol–water partition coefficient (Wildman–Crippen LogP) is 1.79. The molecule has 25 heavy (non-hydrogen) atoms. The molecule has 0 radical (unpaired) electrons. The summed E-state index contributed by atoms with van der Waals surface area (Å²) in [5.41, 5.74) is 1.67. The first-order chi connectivity index (χ1) is 12.2. The van der Waals surface area contributed by atoms with E-state index in [1.54, 1.807) is 10.9 Å². The number of carbonyl (C=O) groups excluding carboxylic acids is 1. The highest BCUT2D eigenvalue weighted by Gasteiger charge is 2.25. The molecule has 1 fully saturated rings. The summed E-state index contributed by atoms with van der Waals surface area (Å²) >= 11 is 0. The van der Waals surface area contributed by atoms with Crippen molar-refractivity contribution in [1.82, 2.24) is 19.6 Å². The molecule has 0 bridgehead atoms. The Labute approximate surface area is 148 Å². The van der Waals surface area contributed by atoms with Crippen molar-refractivity contribution in [3.63, 3.8) is 0 Å². The van der Waals surface area contributed by atoms with Crippen LogP contribution < -0.4 is 0 Å². The van der Waals surface area contributed by atoms with Crippen molar-refractivity contribution in [3.05, 3.63) is 48.3 Å². The molecule has 1 aliphatic rings. The Hall–Kier alpha value is -2.18. The second-order valence-corrected chi connectivity index (χ2v) is 6.58. The average Bonchev–Trinajstić information content (AvgIpc) is 3.20. The third-order valence-corrected chi connectivity index (χ3v) is 4.93. The zero-order chi connectivity index (χ0) is 17.6. The Morgan fingerprint density at radius 3 is 2.60 bits per heavy atom. The Morgan fingerprint density at radius 2 is 2.00 bits per heavy atom. The fraction of sp³-hybridized carbons (Fsp3) is 0.474. The van der Waals surface area contributed by atoms with Crippen molar-refractivity contribution >= 4 is 5.91 Å². The highest BCUT2D eigenvalue weighted by Crippen LogP contribution is 2.18. The molecule has 1 amide bonds. The highest BCUT2D eigenvalue weighted by atomic mass is 16.3. The Bertz CT molecular complexity index is 661. The van der Waals surface area contributed by atoms with Gasteiger partial charge in [-0.25, -0.2) is 4.68 Å². The minimum Gasteiger partial charge on any atom is -0.396 e. The lowest BCUT2D eigenvalue weighted by atomic mass is 10.0. The van der Waals surface area contributed by atoms with Crippen molar-refractivity contribution < 1.29 is 9.90 Å². The van der Waals surface area contributed by atoms with Crippen LogP contribution >= 0.6 is 0 Å². The van der Waals surface area contributed by atoms with E-state index in [4.69, 9.17) is 5.11 Å². The molecular weight excluding hydrogens is 316 g/mol. The Morgan fingerprint density at radius 1 is 1.28 bits per heavy atom. The average molecular weight is 342 g/mol. The molecule has 1 aliphatic heterocycles. The smallest absolute Gasteiger partial charge is 0.253 e. The Kier molecular flexibility index (Phi) is 5.83. The second-order valence-electron chi connectivity index (χ2n) is 6.58. The van der Waals surface area contributed by atoms with E-state index in [1.807, 2.05) is 41.4 Å². The van der Waals surface area contributed by atoms with Gasteiger partial charge in [0.15, 0.2) is 0 Å². The van der Waals surface area contributed by atoms with Crippen LogP contribution in [0.1, 0.15) is 29.6 Å².